The first-order valence-electron chi connectivity index (χ1n) is 6.44. The highest BCUT2D eigenvalue weighted by Crippen LogP contribution is 2.82. The minimum Gasteiger partial charge on any atom is -0.453 e. The summed E-state index contributed by atoms with van der Waals surface area (Å²) in [5.74, 6) is 0.668. The molecular weight excluding hydrogens is 200 g/mol. The van der Waals surface area contributed by atoms with Crippen LogP contribution in [0.1, 0.15) is 47.0 Å². The molecule has 0 N–H and O–H groups in total. The Morgan fingerprint density at radius 3 is 2.50 bits per heavy atom. The minimum atomic E-state index is -0.230. The van der Waals surface area contributed by atoms with Gasteiger partial charge in [0.1, 0.15) is 5.92 Å². The number of rotatable bonds is 2. The molecule has 0 radical (unpaired) electrons. The molecule has 0 aromatic rings. The Kier molecular flexibility index (Phi) is 1.70. The van der Waals surface area contributed by atoms with Gasteiger partial charge in [-0.25, -0.2) is 0 Å². The van der Waals surface area contributed by atoms with Gasteiger partial charge in [0.2, 0.25) is 0 Å². The van der Waals surface area contributed by atoms with Crippen LogP contribution in [0.3, 0.4) is 0 Å². The third kappa shape index (κ3) is 0.906. The van der Waals surface area contributed by atoms with Crippen molar-refractivity contribution in [2.45, 2.75) is 52.6 Å². The lowest BCUT2D eigenvalue weighted by atomic mass is 9.75. The fourth-order valence-electron chi connectivity index (χ4n) is 4.17. The van der Waals surface area contributed by atoms with Crippen LogP contribution in [-0.2, 0) is 9.53 Å². The summed E-state index contributed by atoms with van der Waals surface area (Å²) < 4.78 is 5.92. The summed E-state index contributed by atoms with van der Waals surface area (Å²) in [6, 6.07) is 0. The molecule has 4 atom stereocenters. The van der Waals surface area contributed by atoms with Crippen LogP contribution in [0.15, 0.2) is 0 Å². The number of hydrogen-bond donors (Lipinski definition) is 0. The Labute approximate surface area is 97.7 Å². The number of carbonyl (C=O) groups excluding carboxylic acids is 1. The number of ether oxygens (including phenoxy) is 1. The summed E-state index contributed by atoms with van der Waals surface area (Å²) in [7, 11) is 0. The van der Waals surface area contributed by atoms with Crippen molar-refractivity contribution in [1.82, 2.24) is 0 Å². The van der Waals surface area contributed by atoms with Crippen molar-refractivity contribution in [2.75, 3.05) is 0 Å². The van der Waals surface area contributed by atoms with Crippen LogP contribution >= 0.6 is 0 Å². The molecule has 3 fully saturated rings. The van der Waals surface area contributed by atoms with Crippen LogP contribution < -0.4 is 0 Å². The van der Waals surface area contributed by atoms with Crippen molar-refractivity contribution in [3.63, 3.8) is 0 Å². The van der Waals surface area contributed by atoms with Gasteiger partial charge >= 0.3 is 5.97 Å². The summed E-state index contributed by atoms with van der Waals surface area (Å²) >= 11 is 0. The Balaban J connectivity index is 1.91. The largest absolute Gasteiger partial charge is 0.453 e. The van der Waals surface area contributed by atoms with E-state index in [9.17, 15) is 4.79 Å². The lowest BCUT2D eigenvalue weighted by Crippen LogP contribution is -2.46. The van der Waals surface area contributed by atoms with Gasteiger partial charge in [-0.05, 0) is 13.3 Å². The van der Waals surface area contributed by atoms with Crippen LogP contribution in [0.4, 0.5) is 0 Å². The number of fused-ring (bicyclic) bond motifs is 1. The molecule has 3 saturated carbocycles. The maximum atomic E-state index is 11.9. The monoisotopic (exact) mass is 221 g/mol. The summed E-state index contributed by atoms with van der Waals surface area (Å²) in [5.41, 5.74) is 0.231. The number of esters is 1. The first kappa shape index (κ1) is 10.5. The first-order chi connectivity index (χ1) is 7.35. The van der Waals surface area contributed by atoms with Crippen molar-refractivity contribution in [1.29, 1.82) is 0 Å². The standard InChI is InChI=1S/C14H21O2/c1-9(2)11(15)16-13(4)12(3)5-6-14(13)8-10(14)7-12/h8-10H,5-7H2,1-4H3/q+1/t10-,12?,13?,14-/m0/s1. The molecule has 0 aliphatic heterocycles. The number of carbonyl (C=O) groups is 1. The zero-order valence-corrected chi connectivity index (χ0v) is 10.7. The molecule has 0 aromatic carbocycles. The molecule has 1 spiro atoms. The van der Waals surface area contributed by atoms with Crippen LogP contribution in [0.5, 0.6) is 0 Å². The van der Waals surface area contributed by atoms with Gasteiger partial charge in [0, 0.05) is 18.3 Å². The van der Waals surface area contributed by atoms with E-state index in [0.717, 1.165) is 5.92 Å². The predicted molar refractivity (Wildman–Crippen MR) is 61.5 cm³/mol. The van der Waals surface area contributed by atoms with Crippen molar-refractivity contribution < 1.29 is 9.53 Å². The van der Waals surface area contributed by atoms with Gasteiger partial charge < -0.3 is 4.74 Å². The zero-order chi connectivity index (χ0) is 11.8. The fourth-order valence-corrected chi connectivity index (χ4v) is 4.17. The van der Waals surface area contributed by atoms with E-state index in [1.54, 1.807) is 0 Å². The molecule has 88 valence electrons. The molecule has 0 heterocycles. The van der Waals surface area contributed by atoms with E-state index in [2.05, 4.69) is 20.3 Å². The van der Waals surface area contributed by atoms with E-state index in [4.69, 9.17) is 4.74 Å². The van der Waals surface area contributed by atoms with E-state index in [-0.39, 0.29) is 28.3 Å². The normalized spacial score (nSPS) is 52.4. The van der Waals surface area contributed by atoms with Gasteiger partial charge in [-0.15, -0.1) is 0 Å². The maximum absolute atomic E-state index is 11.9. The van der Waals surface area contributed by atoms with E-state index >= 15 is 0 Å². The van der Waals surface area contributed by atoms with Crippen molar-refractivity contribution in [3.8, 4) is 0 Å². The summed E-state index contributed by atoms with van der Waals surface area (Å²) in [6.07, 6.45) is 6.07. The average molecular weight is 221 g/mol. The van der Waals surface area contributed by atoms with Gasteiger partial charge in [0.05, 0.1) is 12.3 Å². The Bertz CT molecular complexity index is 354. The molecule has 2 nitrogen and oxygen atoms in total. The lowest BCUT2D eigenvalue weighted by Gasteiger charge is -2.37. The highest BCUT2D eigenvalue weighted by molar-refractivity contribution is 5.72. The maximum Gasteiger partial charge on any atom is 0.309 e. The van der Waals surface area contributed by atoms with Crippen molar-refractivity contribution in [3.05, 3.63) is 6.42 Å². The van der Waals surface area contributed by atoms with Crippen LogP contribution in [0, 0.1) is 29.1 Å². The SMILES string of the molecule is CC(C)C(=O)OC1(C)C2(C)CC[C@@]13[CH+][C@@H]3C2. The first-order valence-corrected chi connectivity index (χ1v) is 6.44. The highest BCUT2D eigenvalue weighted by Gasteiger charge is 2.91. The molecule has 2 heteroatoms. The molecule has 0 saturated heterocycles. The molecule has 3 rings (SSSR count). The van der Waals surface area contributed by atoms with E-state index < -0.39 is 0 Å². The molecule has 16 heavy (non-hydrogen) atoms. The number of hydrogen-bond acceptors (Lipinski definition) is 2. The molecular formula is C14H21O2+. The lowest BCUT2D eigenvalue weighted by molar-refractivity contribution is -0.176. The van der Waals surface area contributed by atoms with Crippen molar-refractivity contribution >= 4 is 5.97 Å². The van der Waals surface area contributed by atoms with Gasteiger partial charge in [-0.3, -0.25) is 4.79 Å². The molecule has 3 aliphatic carbocycles. The zero-order valence-electron chi connectivity index (χ0n) is 10.7. The molecule has 2 bridgehead atoms. The smallest absolute Gasteiger partial charge is 0.309 e. The van der Waals surface area contributed by atoms with Crippen LogP contribution in [0.25, 0.3) is 0 Å². The predicted octanol–water partition coefficient (Wildman–Crippen LogP) is 2.97. The third-order valence-corrected chi connectivity index (χ3v) is 5.63. The van der Waals surface area contributed by atoms with Gasteiger partial charge in [-0.1, -0.05) is 20.8 Å². The van der Waals surface area contributed by atoms with E-state index in [1.165, 1.54) is 19.3 Å². The van der Waals surface area contributed by atoms with Crippen molar-refractivity contribution in [2.24, 2.45) is 22.7 Å². The Morgan fingerprint density at radius 2 is 2.06 bits per heavy atom. The molecule has 3 aliphatic rings. The topological polar surface area (TPSA) is 26.3 Å². The Morgan fingerprint density at radius 1 is 1.38 bits per heavy atom. The summed E-state index contributed by atoms with van der Waals surface area (Å²) in [5, 5.41) is 0. The average Bonchev–Trinajstić information content (AvgIpc) is 2.83. The van der Waals surface area contributed by atoms with Crippen LogP contribution in [0.2, 0.25) is 0 Å². The molecule has 0 amide bonds. The summed E-state index contributed by atoms with van der Waals surface area (Å²) in [6.45, 7) is 8.30. The molecule has 2 unspecified atom stereocenters. The van der Waals surface area contributed by atoms with E-state index in [0.29, 0.717) is 0 Å². The van der Waals surface area contributed by atoms with Crippen LogP contribution in [-0.4, -0.2) is 11.6 Å². The van der Waals surface area contributed by atoms with Gasteiger partial charge in [0.25, 0.3) is 0 Å². The molecule has 0 aromatic heterocycles. The summed E-state index contributed by atoms with van der Waals surface area (Å²) in [4.78, 5) is 11.9. The van der Waals surface area contributed by atoms with Gasteiger partial charge in [-0.2, -0.15) is 0 Å². The second-order valence-corrected chi connectivity index (χ2v) is 6.69. The van der Waals surface area contributed by atoms with Gasteiger partial charge in [0.15, 0.2) is 11.0 Å². The minimum absolute atomic E-state index is 0.0194. The van der Waals surface area contributed by atoms with E-state index in [1.807, 2.05) is 13.8 Å². The quantitative estimate of drug-likeness (QED) is 0.529. The fraction of sp³-hybridized carbons (Fsp3) is 0.857. The Hall–Kier alpha value is -0.660. The highest BCUT2D eigenvalue weighted by atomic mass is 16.6. The third-order valence-electron chi connectivity index (χ3n) is 5.63. The second kappa shape index (κ2) is 2.60. The second-order valence-electron chi connectivity index (χ2n) is 6.69.